The molecule has 4 aromatic rings. The monoisotopic (exact) mass is 324 g/mol. The molecule has 2 aromatic carbocycles. The summed E-state index contributed by atoms with van der Waals surface area (Å²) in [6, 6.07) is 15.5. The molecule has 23 heavy (non-hydrogen) atoms. The van der Waals surface area contributed by atoms with Crippen molar-refractivity contribution >= 4 is 28.0 Å². The van der Waals surface area contributed by atoms with Crippen LogP contribution in [0.15, 0.2) is 54.9 Å². The van der Waals surface area contributed by atoms with E-state index >= 15 is 0 Å². The SMILES string of the molecule is CC(Oc1nn2cnnc2c2ccccc12)c1ccc(Cl)cc1. The first-order valence-corrected chi connectivity index (χ1v) is 7.61. The van der Waals surface area contributed by atoms with Gasteiger partial charge < -0.3 is 4.74 Å². The fraction of sp³-hybridized carbons (Fsp3) is 0.118. The molecule has 0 aliphatic carbocycles. The van der Waals surface area contributed by atoms with Gasteiger partial charge in [0.1, 0.15) is 12.4 Å². The molecule has 0 radical (unpaired) electrons. The van der Waals surface area contributed by atoms with Gasteiger partial charge in [-0.1, -0.05) is 41.9 Å². The first-order chi connectivity index (χ1) is 11.2. The van der Waals surface area contributed by atoms with Gasteiger partial charge in [0.15, 0.2) is 5.65 Å². The minimum absolute atomic E-state index is 0.155. The van der Waals surface area contributed by atoms with Crippen molar-refractivity contribution in [2.45, 2.75) is 13.0 Å². The second kappa shape index (κ2) is 5.52. The third-order valence-corrected chi connectivity index (χ3v) is 4.01. The predicted octanol–water partition coefficient (Wildman–Crippen LogP) is 4.07. The Bertz CT molecular complexity index is 981. The number of nitrogens with zero attached hydrogens (tertiary/aromatic N) is 4. The first-order valence-electron chi connectivity index (χ1n) is 7.23. The summed E-state index contributed by atoms with van der Waals surface area (Å²) in [6.45, 7) is 1.98. The largest absolute Gasteiger partial charge is 0.468 e. The molecule has 0 amide bonds. The fourth-order valence-electron chi connectivity index (χ4n) is 2.55. The van der Waals surface area contributed by atoms with E-state index in [4.69, 9.17) is 16.3 Å². The Hall–Kier alpha value is -2.66. The Labute approximate surface area is 137 Å². The van der Waals surface area contributed by atoms with E-state index in [0.29, 0.717) is 16.5 Å². The minimum atomic E-state index is -0.155. The number of hydrogen-bond donors (Lipinski definition) is 0. The van der Waals surface area contributed by atoms with E-state index in [1.54, 1.807) is 10.8 Å². The molecule has 0 aliphatic heterocycles. The van der Waals surface area contributed by atoms with Gasteiger partial charge in [0.05, 0.1) is 0 Å². The smallest absolute Gasteiger partial charge is 0.240 e. The van der Waals surface area contributed by atoms with Crippen LogP contribution in [0.4, 0.5) is 0 Å². The summed E-state index contributed by atoms with van der Waals surface area (Å²) >= 11 is 5.94. The molecule has 0 aliphatic rings. The van der Waals surface area contributed by atoms with Crippen LogP contribution < -0.4 is 4.74 Å². The Kier molecular flexibility index (Phi) is 3.35. The molecule has 1 atom stereocenters. The van der Waals surface area contributed by atoms with E-state index in [1.165, 1.54) is 0 Å². The first kappa shape index (κ1) is 14.0. The molecule has 2 heterocycles. The lowest BCUT2D eigenvalue weighted by Gasteiger charge is -2.16. The number of hydrogen-bond acceptors (Lipinski definition) is 4. The summed E-state index contributed by atoms with van der Waals surface area (Å²) in [5.41, 5.74) is 1.75. The summed E-state index contributed by atoms with van der Waals surface area (Å²) in [5, 5.41) is 15.1. The van der Waals surface area contributed by atoms with Gasteiger partial charge in [-0.25, -0.2) is 0 Å². The number of fused-ring (bicyclic) bond motifs is 3. The van der Waals surface area contributed by atoms with Crippen LogP contribution in [0, 0.1) is 0 Å². The lowest BCUT2D eigenvalue weighted by molar-refractivity contribution is 0.217. The van der Waals surface area contributed by atoms with Gasteiger partial charge in [-0.15, -0.1) is 15.3 Å². The van der Waals surface area contributed by atoms with E-state index in [0.717, 1.165) is 16.3 Å². The Balaban J connectivity index is 1.79. The van der Waals surface area contributed by atoms with Gasteiger partial charge in [0.2, 0.25) is 5.88 Å². The highest BCUT2D eigenvalue weighted by Gasteiger charge is 2.14. The standard InChI is InChI=1S/C17H13ClN4O/c1-11(12-6-8-13(18)9-7-12)23-17-15-5-3-2-4-14(15)16-20-19-10-22(16)21-17/h2-11H,1H3. The average molecular weight is 325 g/mol. The summed E-state index contributed by atoms with van der Waals surface area (Å²) in [6.07, 6.45) is 1.42. The van der Waals surface area contributed by atoms with Crippen molar-refractivity contribution < 1.29 is 4.74 Å². The molecule has 0 spiro atoms. The van der Waals surface area contributed by atoms with E-state index in [-0.39, 0.29) is 6.10 Å². The molecule has 1 unspecified atom stereocenters. The van der Waals surface area contributed by atoms with Crippen LogP contribution in [0.2, 0.25) is 5.02 Å². The maximum Gasteiger partial charge on any atom is 0.240 e. The van der Waals surface area contributed by atoms with E-state index in [1.807, 2.05) is 55.5 Å². The van der Waals surface area contributed by atoms with E-state index < -0.39 is 0 Å². The highest BCUT2D eigenvalue weighted by molar-refractivity contribution is 6.30. The molecule has 0 N–H and O–H groups in total. The van der Waals surface area contributed by atoms with Gasteiger partial charge in [-0.3, -0.25) is 0 Å². The molecule has 5 nitrogen and oxygen atoms in total. The van der Waals surface area contributed by atoms with Crippen LogP contribution in [0.3, 0.4) is 0 Å². The Morgan fingerprint density at radius 1 is 1.04 bits per heavy atom. The zero-order valence-corrected chi connectivity index (χ0v) is 13.1. The number of benzene rings is 2. The molecule has 0 saturated carbocycles. The lowest BCUT2D eigenvalue weighted by atomic mass is 10.1. The number of halogens is 1. The summed E-state index contributed by atoms with van der Waals surface area (Å²) < 4.78 is 7.73. The molecule has 2 aromatic heterocycles. The fourth-order valence-corrected chi connectivity index (χ4v) is 2.68. The van der Waals surface area contributed by atoms with Gasteiger partial charge >= 0.3 is 0 Å². The molecule has 4 rings (SSSR count). The van der Waals surface area contributed by atoms with Crippen molar-refractivity contribution in [2.75, 3.05) is 0 Å². The summed E-state index contributed by atoms with van der Waals surface area (Å²) in [7, 11) is 0. The third-order valence-electron chi connectivity index (χ3n) is 3.76. The molecule has 6 heteroatoms. The summed E-state index contributed by atoms with van der Waals surface area (Å²) in [4.78, 5) is 0. The van der Waals surface area contributed by atoms with Crippen LogP contribution in [0.25, 0.3) is 16.4 Å². The van der Waals surface area contributed by atoms with Crippen LogP contribution in [-0.4, -0.2) is 19.8 Å². The van der Waals surface area contributed by atoms with Gasteiger partial charge in [0.25, 0.3) is 0 Å². The van der Waals surface area contributed by atoms with E-state index in [2.05, 4.69) is 15.3 Å². The minimum Gasteiger partial charge on any atom is -0.468 e. The zero-order chi connectivity index (χ0) is 15.8. The van der Waals surface area contributed by atoms with Crippen molar-refractivity contribution in [1.29, 1.82) is 0 Å². The molecule has 0 fully saturated rings. The van der Waals surface area contributed by atoms with Crippen LogP contribution in [-0.2, 0) is 0 Å². The van der Waals surface area contributed by atoms with Crippen molar-refractivity contribution in [1.82, 2.24) is 19.8 Å². The third kappa shape index (κ3) is 2.49. The van der Waals surface area contributed by atoms with E-state index in [9.17, 15) is 0 Å². The lowest BCUT2D eigenvalue weighted by Crippen LogP contribution is -2.06. The van der Waals surface area contributed by atoms with Crippen LogP contribution >= 0.6 is 11.6 Å². The zero-order valence-electron chi connectivity index (χ0n) is 12.3. The highest BCUT2D eigenvalue weighted by atomic mass is 35.5. The van der Waals surface area contributed by atoms with Crippen molar-refractivity contribution in [3.8, 4) is 5.88 Å². The van der Waals surface area contributed by atoms with Crippen LogP contribution in [0.1, 0.15) is 18.6 Å². The molecule has 0 bridgehead atoms. The Morgan fingerprint density at radius 3 is 2.57 bits per heavy atom. The number of rotatable bonds is 3. The molecular formula is C17H13ClN4O. The predicted molar refractivity (Wildman–Crippen MR) is 88.8 cm³/mol. The summed E-state index contributed by atoms with van der Waals surface area (Å²) in [5.74, 6) is 0.551. The average Bonchev–Trinajstić information content (AvgIpc) is 3.04. The van der Waals surface area contributed by atoms with Crippen LogP contribution in [0.5, 0.6) is 5.88 Å². The Morgan fingerprint density at radius 2 is 1.78 bits per heavy atom. The maximum atomic E-state index is 6.10. The van der Waals surface area contributed by atoms with Crippen molar-refractivity contribution in [3.05, 3.63) is 65.4 Å². The molecule has 114 valence electrons. The van der Waals surface area contributed by atoms with Gasteiger partial charge in [0, 0.05) is 15.8 Å². The molecule has 0 saturated heterocycles. The van der Waals surface area contributed by atoms with Gasteiger partial charge in [-0.2, -0.15) is 4.52 Å². The normalized spacial score (nSPS) is 12.6. The maximum absolute atomic E-state index is 6.10. The quantitative estimate of drug-likeness (QED) is 0.570. The van der Waals surface area contributed by atoms with Crippen molar-refractivity contribution in [3.63, 3.8) is 0 Å². The van der Waals surface area contributed by atoms with Gasteiger partial charge in [-0.05, 0) is 30.7 Å². The topological polar surface area (TPSA) is 52.3 Å². The molecular weight excluding hydrogens is 312 g/mol. The second-order valence-corrected chi connectivity index (χ2v) is 5.70. The second-order valence-electron chi connectivity index (χ2n) is 5.26. The number of ether oxygens (including phenoxy) is 1. The number of aromatic nitrogens is 4. The highest BCUT2D eigenvalue weighted by Crippen LogP contribution is 2.29. The van der Waals surface area contributed by atoms with Crippen molar-refractivity contribution in [2.24, 2.45) is 0 Å².